The van der Waals surface area contributed by atoms with Gasteiger partial charge >= 0.3 is 0 Å². The number of sulfonamides is 1. The first-order valence-electron chi connectivity index (χ1n) is 5.88. The standard InChI is InChI=1S/C10H15N5O3S2/c1-3-12-8(16)6(2)14-20(17,18)9-7(11)13-10-15(9)4-5-19-10/h4-6,14H,3,11H2,1-2H3,(H,12,16). The Labute approximate surface area is 120 Å². The summed E-state index contributed by atoms with van der Waals surface area (Å²) in [6, 6.07) is -0.900. The van der Waals surface area contributed by atoms with Crippen molar-refractivity contribution in [2.45, 2.75) is 24.9 Å². The van der Waals surface area contributed by atoms with Crippen LogP contribution >= 0.6 is 11.3 Å². The molecular weight excluding hydrogens is 302 g/mol. The molecule has 0 aliphatic carbocycles. The van der Waals surface area contributed by atoms with Crippen molar-refractivity contribution in [2.75, 3.05) is 12.3 Å². The zero-order valence-corrected chi connectivity index (χ0v) is 12.6. The van der Waals surface area contributed by atoms with Crippen LogP contribution in [0.3, 0.4) is 0 Å². The average molecular weight is 317 g/mol. The molecule has 2 rings (SSSR count). The van der Waals surface area contributed by atoms with Crippen molar-refractivity contribution in [3.8, 4) is 0 Å². The van der Waals surface area contributed by atoms with Crippen LogP contribution in [0.4, 0.5) is 5.82 Å². The number of rotatable bonds is 5. The largest absolute Gasteiger partial charge is 0.381 e. The molecule has 2 heterocycles. The third-order valence-electron chi connectivity index (χ3n) is 2.57. The zero-order chi connectivity index (χ0) is 14.9. The van der Waals surface area contributed by atoms with E-state index < -0.39 is 22.0 Å². The lowest BCUT2D eigenvalue weighted by atomic mass is 10.3. The van der Waals surface area contributed by atoms with Gasteiger partial charge in [-0.2, -0.15) is 4.72 Å². The van der Waals surface area contributed by atoms with Crippen molar-refractivity contribution in [3.63, 3.8) is 0 Å². The normalized spacial score (nSPS) is 13.5. The van der Waals surface area contributed by atoms with Gasteiger partial charge < -0.3 is 11.1 Å². The number of carbonyl (C=O) groups is 1. The zero-order valence-electron chi connectivity index (χ0n) is 11.0. The van der Waals surface area contributed by atoms with Gasteiger partial charge in [-0.1, -0.05) is 0 Å². The van der Waals surface area contributed by atoms with Gasteiger partial charge in [0, 0.05) is 18.1 Å². The van der Waals surface area contributed by atoms with Crippen molar-refractivity contribution in [2.24, 2.45) is 0 Å². The summed E-state index contributed by atoms with van der Waals surface area (Å²) >= 11 is 1.27. The number of nitrogens with one attached hydrogen (secondary N) is 2. The Bertz CT molecular complexity index is 733. The lowest BCUT2D eigenvalue weighted by Gasteiger charge is -2.13. The van der Waals surface area contributed by atoms with Gasteiger partial charge in [-0.15, -0.1) is 11.3 Å². The number of fused-ring (bicyclic) bond motifs is 1. The summed E-state index contributed by atoms with van der Waals surface area (Å²) in [6.45, 7) is 3.64. The van der Waals surface area contributed by atoms with E-state index in [0.717, 1.165) is 0 Å². The number of nitrogens with two attached hydrogens (primary N) is 1. The second kappa shape index (κ2) is 5.38. The Kier molecular flexibility index (Phi) is 3.97. The second-order valence-corrected chi connectivity index (χ2v) is 6.60. The number of likely N-dealkylation sites (N-methyl/N-ethyl adjacent to an activating group) is 1. The maximum Gasteiger partial charge on any atom is 0.261 e. The van der Waals surface area contributed by atoms with Crippen molar-refractivity contribution in [1.82, 2.24) is 19.4 Å². The highest BCUT2D eigenvalue weighted by Crippen LogP contribution is 2.23. The predicted octanol–water partition coefficient (Wildman–Crippen LogP) is -0.219. The van der Waals surface area contributed by atoms with Gasteiger partial charge in [0.25, 0.3) is 10.0 Å². The number of nitrogens with zero attached hydrogens (tertiary/aromatic N) is 2. The maximum absolute atomic E-state index is 12.3. The smallest absolute Gasteiger partial charge is 0.261 e. The molecule has 1 unspecified atom stereocenters. The SMILES string of the molecule is CCNC(=O)C(C)NS(=O)(=O)c1c(N)nc2sccn12. The molecule has 0 spiro atoms. The third-order valence-corrected chi connectivity index (χ3v) is 4.91. The van der Waals surface area contributed by atoms with E-state index >= 15 is 0 Å². The number of thiazole rings is 1. The summed E-state index contributed by atoms with van der Waals surface area (Å²) in [4.78, 5) is 16.0. The summed E-state index contributed by atoms with van der Waals surface area (Å²) < 4.78 is 28.3. The van der Waals surface area contributed by atoms with E-state index in [-0.39, 0.29) is 10.8 Å². The molecule has 10 heteroatoms. The quantitative estimate of drug-likeness (QED) is 0.704. The Hall–Kier alpha value is -1.65. The maximum atomic E-state index is 12.3. The molecular formula is C10H15N5O3S2. The first-order valence-corrected chi connectivity index (χ1v) is 8.24. The van der Waals surface area contributed by atoms with Crippen LogP contribution in [-0.2, 0) is 14.8 Å². The fraction of sp³-hybridized carbons (Fsp3) is 0.400. The fourth-order valence-electron chi connectivity index (χ4n) is 1.72. The third kappa shape index (κ3) is 2.62. The number of amides is 1. The summed E-state index contributed by atoms with van der Waals surface area (Å²) in [7, 11) is -3.94. The topological polar surface area (TPSA) is 119 Å². The monoisotopic (exact) mass is 317 g/mol. The highest BCUT2D eigenvalue weighted by atomic mass is 32.2. The van der Waals surface area contributed by atoms with Crippen LogP contribution in [0.25, 0.3) is 4.96 Å². The van der Waals surface area contributed by atoms with E-state index in [4.69, 9.17) is 5.73 Å². The van der Waals surface area contributed by atoms with Gasteiger partial charge in [0.05, 0.1) is 6.04 Å². The Morgan fingerprint density at radius 3 is 2.95 bits per heavy atom. The molecule has 0 aromatic carbocycles. The van der Waals surface area contributed by atoms with E-state index in [1.807, 2.05) is 0 Å². The van der Waals surface area contributed by atoms with Gasteiger partial charge in [-0.05, 0) is 13.8 Å². The number of nitrogen functional groups attached to an aromatic ring is 1. The minimum Gasteiger partial charge on any atom is -0.381 e. The van der Waals surface area contributed by atoms with Crippen LogP contribution in [0.5, 0.6) is 0 Å². The Morgan fingerprint density at radius 2 is 2.30 bits per heavy atom. The molecule has 0 radical (unpaired) electrons. The lowest BCUT2D eigenvalue weighted by molar-refractivity contribution is -0.122. The molecule has 0 aliphatic rings. The molecule has 0 fully saturated rings. The van der Waals surface area contributed by atoms with Gasteiger partial charge in [-0.25, -0.2) is 13.4 Å². The van der Waals surface area contributed by atoms with E-state index in [9.17, 15) is 13.2 Å². The highest BCUT2D eigenvalue weighted by Gasteiger charge is 2.28. The van der Waals surface area contributed by atoms with Crippen LogP contribution in [0.2, 0.25) is 0 Å². The fourth-order valence-corrected chi connectivity index (χ4v) is 3.91. The number of carbonyl (C=O) groups excluding carboxylic acids is 1. The molecule has 20 heavy (non-hydrogen) atoms. The molecule has 4 N–H and O–H groups in total. The molecule has 1 amide bonds. The minimum atomic E-state index is -3.94. The number of aromatic nitrogens is 2. The van der Waals surface area contributed by atoms with E-state index in [1.165, 1.54) is 22.7 Å². The van der Waals surface area contributed by atoms with E-state index in [1.54, 1.807) is 18.5 Å². The van der Waals surface area contributed by atoms with Crippen LogP contribution in [0, 0.1) is 0 Å². The van der Waals surface area contributed by atoms with Crippen molar-refractivity contribution in [1.29, 1.82) is 0 Å². The van der Waals surface area contributed by atoms with E-state index in [0.29, 0.717) is 11.5 Å². The minimum absolute atomic E-state index is 0.0903. The van der Waals surface area contributed by atoms with Gasteiger partial charge in [0.2, 0.25) is 5.91 Å². The highest BCUT2D eigenvalue weighted by molar-refractivity contribution is 7.89. The van der Waals surface area contributed by atoms with Crippen molar-refractivity contribution < 1.29 is 13.2 Å². The molecule has 8 nitrogen and oxygen atoms in total. The van der Waals surface area contributed by atoms with Gasteiger partial charge in [0.15, 0.2) is 15.8 Å². The van der Waals surface area contributed by atoms with Crippen LogP contribution in [0.1, 0.15) is 13.8 Å². The number of hydrogen-bond donors (Lipinski definition) is 3. The van der Waals surface area contributed by atoms with Crippen molar-refractivity contribution in [3.05, 3.63) is 11.6 Å². The Morgan fingerprint density at radius 1 is 1.60 bits per heavy atom. The van der Waals surface area contributed by atoms with Crippen LogP contribution in [-0.4, -0.2) is 36.3 Å². The lowest BCUT2D eigenvalue weighted by Crippen LogP contribution is -2.45. The first kappa shape index (κ1) is 14.8. The molecule has 0 aliphatic heterocycles. The summed E-state index contributed by atoms with van der Waals surface area (Å²) in [6.07, 6.45) is 1.56. The van der Waals surface area contributed by atoms with Crippen LogP contribution < -0.4 is 15.8 Å². The average Bonchev–Trinajstić information content (AvgIpc) is 2.87. The summed E-state index contributed by atoms with van der Waals surface area (Å²) in [5, 5.41) is 4.10. The molecule has 0 saturated carbocycles. The van der Waals surface area contributed by atoms with Crippen LogP contribution in [0.15, 0.2) is 16.6 Å². The molecule has 1 atom stereocenters. The summed E-state index contributed by atoms with van der Waals surface area (Å²) in [5.74, 6) is -0.492. The predicted molar refractivity (Wildman–Crippen MR) is 75.9 cm³/mol. The molecule has 110 valence electrons. The molecule has 2 aromatic rings. The Balaban J connectivity index is 2.33. The molecule has 0 bridgehead atoms. The van der Waals surface area contributed by atoms with Gasteiger partial charge in [0.1, 0.15) is 0 Å². The number of hydrogen-bond acceptors (Lipinski definition) is 6. The summed E-state index contributed by atoms with van der Waals surface area (Å²) in [5.41, 5.74) is 5.65. The molecule has 0 saturated heterocycles. The second-order valence-electron chi connectivity index (χ2n) is 4.10. The molecule has 2 aromatic heterocycles. The van der Waals surface area contributed by atoms with Gasteiger partial charge in [-0.3, -0.25) is 9.20 Å². The van der Waals surface area contributed by atoms with Crippen molar-refractivity contribution >= 4 is 38.0 Å². The number of anilines is 1. The number of imidazole rings is 1. The van der Waals surface area contributed by atoms with E-state index in [2.05, 4.69) is 15.0 Å². The first-order chi connectivity index (χ1) is 9.36.